The molecule has 0 saturated heterocycles. The molecule has 8 rings (SSSR count). The van der Waals surface area contributed by atoms with E-state index in [2.05, 4.69) is 155 Å². The number of aromatic nitrogens is 1. The first-order chi connectivity index (χ1) is 19.8. The topological polar surface area (TPSA) is 17.0 Å². The highest BCUT2D eigenvalue weighted by molar-refractivity contribution is 7.18. The highest BCUT2D eigenvalue weighted by Gasteiger charge is 2.20. The number of fused-ring (bicyclic) bond motifs is 5. The Kier molecular flexibility index (Phi) is 5.42. The Balaban J connectivity index is 1.29. The molecule has 2 nitrogen and oxygen atoms in total. The van der Waals surface area contributed by atoms with Gasteiger partial charge in [-0.05, 0) is 75.5 Å². The predicted molar refractivity (Wildman–Crippen MR) is 171 cm³/mol. The standard InChI is InChI=1S/C37H26N2S/c1-3-10-25(11-4-1)29-23-32(26-12-5-2-6-13-26)38-33(24-29)28-14-9-15-30(22-28)39-34-17-8-7-16-31(34)36-35(39)19-18-27-20-21-40-37(27)36/h1-24,33,38H. The van der Waals surface area contributed by atoms with Crippen molar-refractivity contribution >= 4 is 54.5 Å². The summed E-state index contributed by atoms with van der Waals surface area (Å²) >= 11 is 1.82. The number of nitrogens with one attached hydrogen (secondary N) is 1. The van der Waals surface area contributed by atoms with Crippen LogP contribution >= 0.6 is 11.3 Å². The number of allylic oxidation sites excluding steroid dienone is 2. The molecule has 5 aromatic carbocycles. The van der Waals surface area contributed by atoms with Crippen LogP contribution in [0.3, 0.4) is 0 Å². The van der Waals surface area contributed by atoms with Gasteiger partial charge in [-0.25, -0.2) is 0 Å². The predicted octanol–water partition coefficient (Wildman–Crippen LogP) is 9.77. The van der Waals surface area contributed by atoms with Gasteiger partial charge >= 0.3 is 0 Å². The van der Waals surface area contributed by atoms with Gasteiger partial charge in [0, 0.05) is 26.9 Å². The molecule has 7 aromatic rings. The smallest absolute Gasteiger partial charge is 0.0707 e. The number of thiophene rings is 1. The summed E-state index contributed by atoms with van der Waals surface area (Å²) in [6.45, 7) is 0. The monoisotopic (exact) mass is 530 g/mol. The molecule has 0 spiro atoms. The summed E-state index contributed by atoms with van der Waals surface area (Å²) in [5.74, 6) is 0. The zero-order chi connectivity index (χ0) is 26.5. The van der Waals surface area contributed by atoms with E-state index in [9.17, 15) is 0 Å². The lowest BCUT2D eigenvalue weighted by Gasteiger charge is -2.26. The van der Waals surface area contributed by atoms with Crippen LogP contribution in [0, 0.1) is 0 Å². The fourth-order valence-corrected chi connectivity index (χ4v) is 6.98. The number of benzene rings is 5. The Morgan fingerprint density at radius 3 is 2.27 bits per heavy atom. The molecule has 0 bridgehead atoms. The molecule has 40 heavy (non-hydrogen) atoms. The van der Waals surface area contributed by atoms with Crippen LogP contribution in [0.4, 0.5) is 0 Å². The lowest BCUT2D eigenvalue weighted by atomic mass is 9.93. The van der Waals surface area contributed by atoms with E-state index in [4.69, 9.17) is 0 Å². The Labute approximate surface area is 237 Å². The molecule has 1 aliphatic rings. The zero-order valence-electron chi connectivity index (χ0n) is 21.8. The summed E-state index contributed by atoms with van der Waals surface area (Å²) in [6, 6.07) is 45.8. The van der Waals surface area contributed by atoms with E-state index < -0.39 is 0 Å². The van der Waals surface area contributed by atoms with Gasteiger partial charge in [0.05, 0.1) is 17.1 Å². The number of rotatable bonds is 4. The summed E-state index contributed by atoms with van der Waals surface area (Å²) in [6.07, 6.45) is 4.62. The summed E-state index contributed by atoms with van der Waals surface area (Å²) in [4.78, 5) is 0. The van der Waals surface area contributed by atoms with Crippen molar-refractivity contribution in [2.75, 3.05) is 0 Å². The van der Waals surface area contributed by atoms with Crippen LogP contribution in [0.2, 0.25) is 0 Å². The van der Waals surface area contributed by atoms with Gasteiger partial charge in [-0.1, -0.05) is 97.1 Å². The van der Waals surface area contributed by atoms with Crippen molar-refractivity contribution in [1.29, 1.82) is 0 Å². The van der Waals surface area contributed by atoms with Gasteiger partial charge in [0.25, 0.3) is 0 Å². The highest BCUT2D eigenvalue weighted by Crippen LogP contribution is 2.39. The average Bonchev–Trinajstić information content (AvgIpc) is 3.64. The van der Waals surface area contributed by atoms with Gasteiger partial charge in [-0.3, -0.25) is 0 Å². The van der Waals surface area contributed by atoms with Crippen LogP contribution < -0.4 is 5.32 Å². The quantitative estimate of drug-likeness (QED) is 0.240. The Hall–Kier alpha value is -4.86. The minimum Gasteiger partial charge on any atom is -0.374 e. The van der Waals surface area contributed by atoms with Gasteiger partial charge in [0.2, 0.25) is 0 Å². The second-order valence-electron chi connectivity index (χ2n) is 10.3. The first-order valence-corrected chi connectivity index (χ1v) is 14.5. The van der Waals surface area contributed by atoms with E-state index >= 15 is 0 Å². The second kappa shape index (κ2) is 9.41. The zero-order valence-corrected chi connectivity index (χ0v) is 22.6. The van der Waals surface area contributed by atoms with Crippen molar-refractivity contribution in [1.82, 2.24) is 9.88 Å². The lowest BCUT2D eigenvalue weighted by molar-refractivity contribution is 0.766. The molecule has 3 heteroatoms. The van der Waals surface area contributed by atoms with Crippen LogP contribution in [0.15, 0.2) is 145 Å². The summed E-state index contributed by atoms with van der Waals surface area (Å²) in [5, 5.41) is 9.97. The molecule has 1 unspecified atom stereocenters. The van der Waals surface area contributed by atoms with Crippen LogP contribution in [-0.2, 0) is 0 Å². The molecule has 0 saturated carbocycles. The summed E-state index contributed by atoms with van der Waals surface area (Å²) < 4.78 is 3.77. The third kappa shape index (κ3) is 3.78. The maximum Gasteiger partial charge on any atom is 0.0707 e. The third-order valence-corrected chi connectivity index (χ3v) is 8.84. The average molecular weight is 531 g/mol. The van der Waals surface area contributed by atoms with E-state index in [0.29, 0.717) is 0 Å². The Morgan fingerprint density at radius 2 is 1.43 bits per heavy atom. The van der Waals surface area contributed by atoms with Gasteiger partial charge in [-0.2, -0.15) is 0 Å². The largest absolute Gasteiger partial charge is 0.374 e. The molecule has 1 aliphatic heterocycles. The fourth-order valence-electron chi connectivity index (χ4n) is 6.02. The van der Waals surface area contributed by atoms with Gasteiger partial charge in [0.1, 0.15) is 0 Å². The van der Waals surface area contributed by atoms with Crippen molar-refractivity contribution in [3.63, 3.8) is 0 Å². The van der Waals surface area contributed by atoms with Crippen molar-refractivity contribution in [2.24, 2.45) is 0 Å². The third-order valence-electron chi connectivity index (χ3n) is 7.89. The normalized spacial score (nSPS) is 15.2. The number of hydrogen-bond donors (Lipinski definition) is 1. The molecular weight excluding hydrogens is 504 g/mol. The van der Waals surface area contributed by atoms with E-state index in [1.807, 2.05) is 11.3 Å². The molecule has 2 aromatic heterocycles. The number of hydrogen-bond acceptors (Lipinski definition) is 2. The van der Waals surface area contributed by atoms with Crippen molar-refractivity contribution in [2.45, 2.75) is 6.04 Å². The first kappa shape index (κ1) is 23.1. The van der Waals surface area contributed by atoms with Crippen molar-refractivity contribution in [3.05, 3.63) is 162 Å². The second-order valence-corrected chi connectivity index (χ2v) is 11.2. The molecule has 3 heterocycles. The molecular formula is C37H26N2S. The Morgan fingerprint density at radius 1 is 0.650 bits per heavy atom. The van der Waals surface area contributed by atoms with Gasteiger partial charge in [-0.15, -0.1) is 11.3 Å². The van der Waals surface area contributed by atoms with E-state index in [-0.39, 0.29) is 6.04 Å². The molecule has 0 aliphatic carbocycles. The molecule has 1 atom stereocenters. The molecule has 0 radical (unpaired) electrons. The minimum absolute atomic E-state index is 0.0347. The lowest BCUT2D eigenvalue weighted by Crippen LogP contribution is -2.22. The van der Waals surface area contributed by atoms with Crippen LogP contribution in [0.1, 0.15) is 22.7 Å². The van der Waals surface area contributed by atoms with Gasteiger partial charge in [0.15, 0.2) is 0 Å². The van der Waals surface area contributed by atoms with E-state index in [0.717, 1.165) is 5.70 Å². The molecule has 190 valence electrons. The van der Waals surface area contributed by atoms with Crippen LogP contribution in [-0.4, -0.2) is 4.57 Å². The number of nitrogens with zero attached hydrogens (tertiary/aromatic N) is 1. The van der Waals surface area contributed by atoms with E-state index in [1.54, 1.807) is 0 Å². The maximum absolute atomic E-state index is 3.83. The highest BCUT2D eigenvalue weighted by atomic mass is 32.1. The number of dihydropyridines is 1. The molecule has 0 amide bonds. The van der Waals surface area contributed by atoms with Crippen LogP contribution in [0.5, 0.6) is 0 Å². The maximum atomic E-state index is 3.83. The van der Waals surface area contributed by atoms with Gasteiger partial charge < -0.3 is 9.88 Å². The SMILES string of the molecule is C1=C(c2ccccc2)C=C(c2ccccc2)NC1c1cccc(-n2c3ccccc3c3c4sccc4ccc32)c1. The summed E-state index contributed by atoms with van der Waals surface area (Å²) in [7, 11) is 0. The molecule has 1 N–H and O–H groups in total. The minimum atomic E-state index is 0.0347. The first-order valence-electron chi connectivity index (χ1n) is 13.6. The molecule has 0 fully saturated rings. The van der Waals surface area contributed by atoms with Crippen LogP contribution in [0.25, 0.3) is 48.8 Å². The van der Waals surface area contributed by atoms with E-state index in [1.165, 1.54) is 59.8 Å². The summed E-state index contributed by atoms with van der Waals surface area (Å²) in [5.41, 5.74) is 9.66. The van der Waals surface area contributed by atoms with Crippen molar-refractivity contribution in [3.8, 4) is 5.69 Å². The van der Waals surface area contributed by atoms with Crippen molar-refractivity contribution < 1.29 is 0 Å². The number of para-hydroxylation sites is 1. The fraction of sp³-hybridized carbons (Fsp3) is 0.0270. The Bertz CT molecular complexity index is 2080.